The summed E-state index contributed by atoms with van der Waals surface area (Å²) in [4.78, 5) is 27.2. The van der Waals surface area contributed by atoms with Gasteiger partial charge in [-0.05, 0) is 26.8 Å². The summed E-state index contributed by atoms with van der Waals surface area (Å²) in [7, 11) is 1.91. The summed E-state index contributed by atoms with van der Waals surface area (Å²) >= 11 is 0. The van der Waals surface area contributed by atoms with Crippen LogP contribution in [0, 0.1) is 6.92 Å². The molecule has 1 saturated heterocycles. The fourth-order valence-corrected chi connectivity index (χ4v) is 3.40. The molecule has 0 unspecified atom stereocenters. The van der Waals surface area contributed by atoms with E-state index in [9.17, 15) is 9.59 Å². The van der Waals surface area contributed by atoms with Crippen molar-refractivity contribution < 1.29 is 14.3 Å². The number of aromatic nitrogens is 1. The zero-order valence-electron chi connectivity index (χ0n) is 14.0. The lowest BCUT2D eigenvalue weighted by Crippen LogP contribution is -2.50. The van der Waals surface area contributed by atoms with Gasteiger partial charge in [0.1, 0.15) is 0 Å². The Morgan fingerprint density at radius 2 is 1.74 bits per heavy atom. The molecule has 2 aromatic rings. The first-order chi connectivity index (χ1) is 10.9. The maximum absolute atomic E-state index is 12.9. The summed E-state index contributed by atoms with van der Waals surface area (Å²) < 4.78 is 7.60. The van der Waals surface area contributed by atoms with E-state index in [-0.39, 0.29) is 12.2 Å². The lowest BCUT2D eigenvalue weighted by atomic mass is 10.0. The zero-order chi connectivity index (χ0) is 16.7. The minimum absolute atomic E-state index is 0.0517. The minimum atomic E-state index is -0.438. The van der Waals surface area contributed by atoms with Crippen molar-refractivity contribution in [3.8, 4) is 0 Å². The van der Waals surface area contributed by atoms with E-state index in [1.807, 2.05) is 56.7 Å². The highest BCUT2D eigenvalue weighted by molar-refractivity contribution is 6.45. The van der Waals surface area contributed by atoms with Crippen molar-refractivity contribution in [2.24, 2.45) is 7.05 Å². The van der Waals surface area contributed by atoms with Crippen LogP contribution in [-0.2, 0) is 16.6 Å². The molecule has 1 aromatic carbocycles. The van der Waals surface area contributed by atoms with Crippen LogP contribution in [-0.4, -0.2) is 46.5 Å². The standard InChI is InChI=1S/C18H22N2O3/c1-11-9-20(10-12(2)23-11)18(22)17(21)16-13(3)19(4)15-8-6-5-7-14(15)16/h5-8,11-12H,9-10H2,1-4H3/t11-,12+. The molecule has 3 rings (SSSR count). The second-order valence-corrected chi connectivity index (χ2v) is 6.33. The molecule has 1 aliphatic heterocycles. The van der Waals surface area contributed by atoms with Gasteiger partial charge in [-0.2, -0.15) is 0 Å². The number of rotatable bonds is 2. The van der Waals surface area contributed by atoms with Crippen LogP contribution in [0.1, 0.15) is 29.9 Å². The van der Waals surface area contributed by atoms with E-state index < -0.39 is 11.7 Å². The average molecular weight is 314 g/mol. The number of para-hydroxylation sites is 1. The van der Waals surface area contributed by atoms with Crippen molar-refractivity contribution in [2.45, 2.75) is 33.0 Å². The quantitative estimate of drug-likeness (QED) is 0.631. The molecule has 0 spiro atoms. The van der Waals surface area contributed by atoms with Gasteiger partial charge in [-0.1, -0.05) is 18.2 Å². The van der Waals surface area contributed by atoms with E-state index in [0.717, 1.165) is 16.6 Å². The normalized spacial score (nSPS) is 21.7. The molecule has 0 saturated carbocycles. The van der Waals surface area contributed by atoms with Gasteiger partial charge >= 0.3 is 0 Å². The first kappa shape index (κ1) is 15.7. The molecule has 5 nitrogen and oxygen atoms in total. The Hall–Kier alpha value is -2.14. The summed E-state index contributed by atoms with van der Waals surface area (Å²) in [6.45, 7) is 6.63. The molecule has 2 atom stereocenters. The maximum atomic E-state index is 12.9. The zero-order valence-corrected chi connectivity index (χ0v) is 14.0. The number of ketones is 1. The van der Waals surface area contributed by atoms with Crippen LogP contribution in [0.25, 0.3) is 10.9 Å². The van der Waals surface area contributed by atoms with E-state index in [1.165, 1.54) is 0 Å². The van der Waals surface area contributed by atoms with Crippen LogP contribution < -0.4 is 0 Å². The average Bonchev–Trinajstić information content (AvgIpc) is 2.77. The van der Waals surface area contributed by atoms with Crippen molar-refractivity contribution in [1.29, 1.82) is 0 Å². The molecule has 23 heavy (non-hydrogen) atoms. The Balaban J connectivity index is 1.97. The number of carbonyl (C=O) groups is 2. The van der Waals surface area contributed by atoms with Gasteiger partial charge in [-0.15, -0.1) is 0 Å². The molecular weight excluding hydrogens is 292 g/mol. The first-order valence-electron chi connectivity index (χ1n) is 7.93. The number of fused-ring (bicyclic) bond motifs is 1. The fraction of sp³-hybridized carbons (Fsp3) is 0.444. The molecule has 2 heterocycles. The lowest BCUT2D eigenvalue weighted by molar-refractivity contribution is -0.138. The number of Topliss-reactive ketones (excluding diaryl/α,β-unsaturated/α-hetero) is 1. The topological polar surface area (TPSA) is 51.5 Å². The lowest BCUT2D eigenvalue weighted by Gasteiger charge is -2.34. The third kappa shape index (κ3) is 2.65. The highest BCUT2D eigenvalue weighted by atomic mass is 16.5. The van der Waals surface area contributed by atoms with Crippen LogP contribution >= 0.6 is 0 Å². The second-order valence-electron chi connectivity index (χ2n) is 6.33. The molecule has 5 heteroatoms. The highest BCUT2D eigenvalue weighted by Gasteiger charge is 2.32. The van der Waals surface area contributed by atoms with Gasteiger partial charge in [0.05, 0.1) is 17.8 Å². The van der Waals surface area contributed by atoms with Crippen LogP contribution in [0.2, 0.25) is 0 Å². The number of ether oxygens (including phenoxy) is 1. The van der Waals surface area contributed by atoms with Crippen LogP contribution in [0.3, 0.4) is 0 Å². The number of carbonyl (C=O) groups excluding carboxylic acids is 2. The van der Waals surface area contributed by atoms with Crippen molar-refractivity contribution in [3.05, 3.63) is 35.5 Å². The number of benzene rings is 1. The molecular formula is C18H22N2O3. The van der Waals surface area contributed by atoms with Gasteiger partial charge < -0.3 is 14.2 Å². The van der Waals surface area contributed by atoms with E-state index in [2.05, 4.69) is 0 Å². The molecule has 1 aliphatic rings. The summed E-state index contributed by atoms with van der Waals surface area (Å²) in [6.07, 6.45) is -0.103. The molecule has 0 radical (unpaired) electrons. The molecule has 0 aliphatic carbocycles. The van der Waals surface area contributed by atoms with Crippen molar-refractivity contribution in [1.82, 2.24) is 9.47 Å². The van der Waals surface area contributed by atoms with Gasteiger partial charge in [-0.25, -0.2) is 0 Å². The van der Waals surface area contributed by atoms with Gasteiger partial charge in [0.15, 0.2) is 0 Å². The molecule has 0 N–H and O–H groups in total. The van der Waals surface area contributed by atoms with E-state index >= 15 is 0 Å². The number of amides is 1. The van der Waals surface area contributed by atoms with Crippen LogP contribution in [0.15, 0.2) is 24.3 Å². The Labute approximate surface area is 135 Å². The largest absolute Gasteiger partial charge is 0.372 e. The molecule has 1 amide bonds. The smallest absolute Gasteiger partial charge is 0.295 e. The van der Waals surface area contributed by atoms with Gasteiger partial charge in [0, 0.05) is 36.7 Å². The Bertz CT molecular complexity index is 768. The second kappa shape index (κ2) is 5.81. The third-order valence-corrected chi connectivity index (χ3v) is 4.53. The number of aryl methyl sites for hydroxylation is 1. The number of hydrogen-bond acceptors (Lipinski definition) is 3. The summed E-state index contributed by atoms with van der Waals surface area (Å²) in [6, 6.07) is 7.68. The molecule has 122 valence electrons. The van der Waals surface area contributed by atoms with Crippen LogP contribution in [0.5, 0.6) is 0 Å². The third-order valence-electron chi connectivity index (χ3n) is 4.53. The summed E-state index contributed by atoms with van der Waals surface area (Å²) in [5.41, 5.74) is 2.30. The molecule has 0 bridgehead atoms. The predicted octanol–water partition coefficient (Wildman–Crippen LogP) is 2.31. The van der Waals surface area contributed by atoms with Crippen molar-refractivity contribution in [2.75, 3.05) is 13.1 Å². The monoisotopic (exact) mass is 314 g/mol. The Kier molecular flexibility index (Phi) is 3.98. The number of morpholine rings is 1. The van der Waals surface area contributed by atoms with Crippen LogP contribution in [0.4, 0.5) is 0 Å². The van der Waals surface area contributed by atoms with Gasteiger partial charge in [0.2, 0.25) is 0 Å². The molecule has 1 fully saturated rings. The minimum Gasteiger partial charge on any atom is -0.372 e. The fourth-order valence-electron chi connectivity index (χ4n) is 3.40. The van der Waals surface area contributed by atoms with E-state index in [4.69, 9.17) is 4.74 Å². The van der Waals surface area contributed by atoms with Gasteiger partial charge in [0.25, 0.3) is 11.7 Å². The summed E-state index contributed by atoms with van der Waals surface area (Å²) in [5.74, 6) is -0.868. The number of nitrogens with zero attached hydrogens (tertiary/aromatic N) is 2. The SMILES string of the molecule is Cc1c(C(=O)C(=O)N2C[C@@H](C)O[C@@H](C)C2)c2ccccc2n1C. The Morgan fingerprint density at radius 1 is 1.13 bits per heavy atom. The highest BCUT2D eigenvalue weighted by Crippen LogP contribution is 2.26. The first-order valence-corrected chi connectivity index (χ1v) is 7.93. The summed E-state index contributed by atoms with van der Waals surface area (Å²) in [5, 5.41) is 0.834. The van der Waals surface area contributed by atoms with Gasteiger partial charge in [-0.3, -0.25) is 9.59 Å². The van der Waals surface area contributed by atoms with Crippen molar-refractivity contribution >= 4 is 22.6 Å². The number of hydrogen-bond donors (Lipinski definition) is 0. The van der Waals surface area contributed by atoms with Crippen molar-refractivity contribution in [3.63, 3.8) is 0 Å². The predicted molar refractivity (Wildman–Crippen MR) is 88.6 cm³/mol. The van der Waals surface area contributed by atoms with E-state index in [0.29, 0.717) is 18.7 Å². The molecule has 1 aromatic heterocycles. The van der Waals surface area contributed by atoms with E-state index in [1.54, 1.807) is 4.90 Å². The maximum Gasteiger partial charge on any atom is 0.295 e. The Morgan fingerprint density at radius 3 is 2.39 bits per heavy atom.